The molecule has 5 rings (SSSR count). The van der Waals surface area contributed by atoms with Crippen molar-refractivity contribution < 1.29 is 14.3 Å². The fourth-order valence-corrected chi connectivity index (χ4v) is 8.67. The lowest BCUT2D eigenvalue weighted by molar-refractivity contribution is -0.297. The lowest BCUT2D eigenvalue weighted by Gasteiger charge is -2.64. The second-order valence-electron chi connectivity index (χ2n) is 10.7. The van der Waals surface area contributed by atoms with E-state index in [-0.39, 0.29) is 17.1 Å². The molecule has 0 aromatic rings. The molecule has 3 nitrogen and oxygen atoms in total. The van der Waals surface area contributed by atoms with Crippen LogP contribution in [0.3, 0.4) is 0 Å². The first-order chi connectivity index (χ1) is 12.4. The molecule has 4 aliphatic carbocycles. The summed E-state index contributed by atoms with van der Waals surface area (Å²) in [5.74, 6) is 2.87. The molecule has 7 atom stereocenters. The number of carbonyl (C=O) groups excluding carboxylic acids is 1. The largest absolute Gasteiger partial charge is 0.347 e. The number of Topliss-reactive ketones (excluding diaryl/α,β-unsaturated/α-hetero) is 1. The van der Waals surface area contributed by atoms with Crippen LogP contribution < -0.4 is 0 Å². The van der Waals surface area contributed by atoms with Crippen LogP contribution in [0.1, 0.15) is 78.6 Å². The Kier molecular flexibility index (Phi) is 3.94. The van der Waals surface area contributed by atoms with Crippen molar-refractivity contribution in [3.63, 3.8) is 0 Å². The Morgan fingerprint density at radius 1 is 0.885 bits per heavy atom. The highest BCUT2D eigenvalue weighted by molar-refractivity contribution is 5.79. The zero-order valence-corrected chi connectivity index (χ0v) is 16.9. The molecule has 5 aliphatic rings. The van der Waals surface area contributed by atoms with Crippen molar-refractivity contribution in [1.29, 1.82) is 0 Å². The molecule has 0 bridgehead atoms. The SMILES string of the molecule is CC(=O)[C@H]1CC[C@H]2[C@H]3[C@H](CC[C@]12C)[C@@]1(C)CCCC[C@@H]1CC31OCCO1. The fraction of sp³-hybridized carbons (Fsp3) is 0.957. The standard InChI is InChI=1S/C23H36O3/c1-15(24)17-7-8-18-20-19(9-11-22(17,18)3)21(2)10-5-4-6-16(21)14-23(20)25-12-13-26-23/h16-20H,4-14H2,1-3H3/t16-,17-,18+,19+,20+,21+,22-/m1/s1. The van der Waals surface area contributed by atoms with Crippen LogP contribution in [0.2, 0.25) is 0 Å². The molecule has 0 aromatic carbocycles. The van der Waals surface area contributed by atoms with E-state index in [1.54, 1.807) is 0 Å². The molecule has 0 amide bonds. The zero-order valence-electron chi connectivity index (χ0n) is 16.9. The van der Waals surface area contributed by atoms with Crippen molar-refractivity contribution in [3.05, 3.63) is 0 Å². The monoisotopic (exact) mass is 360 g/mol. The van der Waals surface area contributed by atoms with Crippen LogP contribution in [0, 0.1) is 40.4 Å². The minimum absolute atomic E-state index is 0.160. The van der Waals surface area contributed by atoms with Gasteiger partial charge in [-0.2, -0.15) is 0 Å². The normalized spacial score (nSPS) is 52.3. The molecule has 5 fully saturated rings. The molecule has 0 radical (unpaired) electrons. The molecule has 4 saturated carbocycles. The number of fused-ring (bicyclic) bond motifs is 6. The molecule has 1 saturated heterocycles. The molecule has 146 valence electrons. The van der Waals surface area contributed by atoms with E-state index >= 15 is 0 Å². The summed E-state index contributed by atoms with van der Waals surface area (Å²) >= 11 is 0. The van der Waals surface area contributed by atoms with Crippen LogP contribution in [0.5, 0.6) is 0 Å². The van der Waals surface area contributed by atoms with E-state index in [9.17, 15) is 4.79 Å². The number of ketones is 1. The van der Waals surface area contributed by atoms with Gasteiger partial charge in [-0.15, -0.1) is 0 Å². The second-order valence-corrected chi connectivity index (χ2v) is 10.7. The highest BCUT2D eigenvalue weighted by atomic mass is 16.7. The smallest absolute Gasteiger partial charge is 0.172 e. The lowest BCUT2D eigenvalue weighted by Crippen LogP contribution is -2.63. The highest BCUT2D eigenvalue weighted by Crippen LogP contribution is 2.70. The molecule has 0 aromatic heterocycles. The summed E-state index contributed by atoms with van der Waals surface area (Å²) in [6.45, 7) is 8.35. The van der Waals surface area contributed by atoms with Crippen LogP contribution in [0.4, 0.5) is 0 Å². The van der Waals surface area contributed by atoms with Gasteiger partial charge >= 0.3 is 0 Å². The van der Waals surface area contributed by atoms with Crippen molar-refractivity contribution in [2.75, 3.05) is 13.2 Å². The van der Waals surface area contributed by atoms with Gasteiger partial charge < -0.3 is 9.47 Å². The van der Waals surface area contributed by atoms with E-state index in [0.717, 1.165) is 32.0 Å². The molecule has 0 N–H and O–H groups in total. The first-order valence-electron chi connectivity index (χ1n) is 11.2. The summed E-state index contributed by atoms with van der Waals surface area (Å²) in [7, 11) is 0. The zero-order chi connectivity index (χ0) is 18.2. The predicted molar refractivity (Wildman–Crippen MR) is 101 cm³/mol. The van der Waals surface area contributed by atoms with Crippen LogP contribution in [-0.2, 0) is 14.3 Å². The number of carbonyl (C=O) groups is 1. The third-order valence-corrected chi connectivity index (χ3v) is 9.87. The summed E-state index contributed by atoms with van der Waals surface area (Å²) < 4.78 is 13.0. The Balaban J connectivity index is 1.58. The fourth-order valence-electron chi connectivity index (χ4n) is 8.67. The molecule has 1 spiro atoms. The van der Waals surface area contributed by atoms with Gasteiger partial charge in [-0.05, 0) is 74.0 Å². The van der Waals surface area contributed by atoms with Gasteiger partial charge in [-0.1, -0.05) is 26.7 Å². The maximum Gasteiger partial charge on any atom is 0.172 e. The van der Waals surface area contributed by atoms with Gasteiger partial charge in [0.25, 0.3) is 0 Å². The Morgan fingerprint density at radius 3 is 2.35 bits per heavy atom. The second kappa shape index (κ2) is 5.80. The minimum Gasteiger partial charge on any atom is -0.347 e. The first-order valence-corrected chi connectivity index (χ1v) is 11.2. The van der Waals surface area contributed by atoms with E-state index in [1.165, 1.54) is 44.9 Å². The topological polar surface area (TPSA) is 35.5 Å². The maximum absolute atomic E-state index is 12.4. The Labute approximate surface area is 158 Å². The summed E-state index contributed by atoms with van der Waals surface area (Å²) in [5.41, 5.74) is 0.617. The van der Waals surface area contributed by atoms with Crippen LogP contribution in [0.25, 0.3) is 0 Å². The van der Waals surface area contributed by atoms with Crippen molar-refractivity contribution in [1.82, 2.24) is 0 Å². The van der Waals surface area contributed by atoms with Crippen molar-refractivity contribution >= 4 is 5.78 Å². The van der Waals surface area contributed by atoms with E-state index in [0.29, 0.717) is 29.0 Å². The van der Waals surface area contributed by atoms with Gasteiger partial charge in [0.05, 0.1) is 13.2 Å². The Morgan fingerprint density at radius 2 is 1.62 bits per heavy atom. The quantitative estimate of drug-likeness (QED) is 0.662. The number of rotatable bonds is 1. The van der Waals surface area contributed by atoms with Crippen LogP contribution in [0.15, 0.2) is 0 Å². The van der Waals surface area contributed by atoms with Crippen LogP contribution in [-0.4, -0.2) is 24.8 Å². The van der Waals surface area contributed by atoms with E-state index in [2.05, 4.69) is 13.8 Å². The van der Waals surface area contributed by atoms with Crippen molar-refractivity contribution in [2.45, 2.75) is 84.3 Å². The van der Waals surface area contributed by atoms with Crippen LogP contribution >= 0.6 is 0 Å². The van der Waals surface area contributed by atoms with E-state index < -0.39 is 0 Å². The molecule has 3 heteroatoms. The average molecular weight is 361 g/mol. The van der Waals surface area contributed by atoms with Gasteiger partial charge in [-0.25, -0.2) is 0 Å². The Bertz CT molecular complexity index is 594. The number of hydrogen-bond donors (Lipinski definition) is 0. The predicted octanol–water partition coefficient (Wildman–Crippen LogP) is 4.98. The summed E-state index contributed by atoms with van der Waals surface area (Å²) in [6.07, 6.45) is 11.4. The molecular weight excluding hydrogens is 324 g/mol. The molecule has 0 unspecified atom stereocenters. The van der Waals surface area contributed by atoms with Gasteiger partial charge in [-0.3, -0.25) is 4.79 Å². The van der Waals surface area contributed by atoms with E-state index in [1.807, 2.05) is 6.92 Å². The summed E-state index contributed by atoms with van der Waals surface area (Å²) in [5, 5.41) is 0. The molecule has 1 heterocycles. The average Bonchev–Trinajstić information content (AvgIpc) is 3.20. The third-order valence-electron chi connectivity index (χ3n) is 9.87. The van der Waals surface area contributed by atoms with Gasteiger partial charge in [0, 0.05) is 18.3 Å². The van der Waals surface area contributed by atoms with Gasteiger partial charge in [0.2, 0.25) is 0 Å². The molecular formula is C23H36O3. The van der Waals surface area contributed by atoms with Gasteiger partial charge in [0.15, 0.2) is 5.79 Å². The number of ether oxygens (including phenoxy) is 2. The highest BCUT2D eigenvalue weighted by Gasteiger charge is 2.68. The maximum atomic E-state index is 12.4. The lowest BCUT2D eigenvalue weighted by atomic mass is 9.43. The molecule has 26 heavy (non-hydrogen) atoms. The van der Waals surface area contributed by atoms with E-state index in [4.69, 9.17) is 9.47 Å². The first kappa shape index (κ1) is 17.7. The number of hydrogen-bond acceptors (Lipinski definition) is 3. The van der Waals surface area contributed by atoms with Crippen molar-refractivity contribution in [2.24, 2.45) is 40.4 Å². The molecule has 1 aliphatic heterocycles. The Hall–Kier alpha value is -0.410. The van der Waals surface area contributed by atoms with Gasteiger partial charge in [0.1, 0.15) is 5.78 Å². The third kappa shape index (κ3) is 2.16. The summed E-state index contributed by atoms with van der Waals surface area (Å²) in [4.78, 5) is 12.4. The van der Waals surface area contributed by atoms with Crippen molar-refractivity contribution in [3.8, 4) is 0 Å². The summed E-state index contributed by atoms with van der Waals surface area (Å²) in [6, 6.07) is 0. The minimum atomic E-state index is -0.343.